The van der Waals surface area contributed by atoms with Gasteiger partial charge in [-0.15, -0.1) is 0 Å². The van der Waals surface area contributed by atoms with Crippen LogP contribution in [-0.2, 0) is 0 Å². The maximum atomic E-state index is 5.09. The van der Waals surface area contributed by atoms with Crippen LogP contribution < -0.4 is 4.74 Å². The Bertz CT molecular complexity index is 305. The molecule has 0 aliphatic rings. The summed E-state index contributed by atoms with van der Waals surface area (Å²) in [7, 11) is 1.64. The number of pyridine rings is 1. The van der Waals surface area contributed by atoms with Gasteiger partial charge in [-0.25, -0.2) is 4.98 Å². The van der Waals surface area contributed by atoms with Crippen molar-refractivity contribution in [2.45, 2.75) is 13.8 Å². The van der Waals surface area contributed by atoms with E-state index in [-0.39, 0.29) is 0 Å². The Balaban J connectivity index is 3.10. The number of aryl methyl sites for hydroxylation is 1. The minimum Gasteiger partial charge on any atom is -0.495 e. The van der Waals surface area contributed by atoms with Crippen LogP contribution in [0, 0.1) is 6.92 Å². The highest BCUT2D eigenvalue weighted by Gasteiger charge is 2.00. The summed E-state index contributed by atoms with van der Waals surface area (Å²) in [5.41, 5.74) is 2.80. The Kier molecular flexibility index (Phi) is 2.48. The van der Waals surface area contributed by atoms with Crippen molar-refractivity contribution < 1.29 is 4.74 Å². The second-order valence-corrected chi connectivity index (χ2v) is 2.76. The quantitative estimate of drug-likeness (QED) is 0.668. The van der Waals surface area contributed by atoms with Crippen LogP contribution in [0.5, 0.6) is 5.75 Å². The smallest absolute Gasteiger partial charge is 0.140 e. The molecule has 1 heterocycles. The number of aromatic nitrogens is 1. The van der Waals surface area contributed by atoms with Crippen molar-refractivity contribution in [3.8, 4) is 5.75 Å². The lowest BCUT2D eigenvalue weighted by Crippen LogP contribution is -1.93. The molecule has 0 amide bonds. The first-order valence-electron chi connectivity index (χ1n) is 3.82. The first-order chi connectivity index (χ1) is 5.65. The van der Waals surface area contributed by atoms with Gasteiger partial charge in [-0.1, -0.05) is 6.58 Å². The molecule has 0 saturated carbocycles. The van der Waals surface area contributed by atoms with Crippen molar-refractivity contribution >= 4 is 5.57 Å². The second-order valence-electron chi connectivity index (χ2n) is 2.76. The Morgan fingerprint density at radius 2 is 2.17 bits per heavy atom. The molecule has 2 nitrogen and oxygen atoms in total. The maximum Gasteiger partial charge on any atom is 0.140 e. The molecule has 2 heteroatoms. The van der Waals surface area contributed by atoms with Gasteiger partial charge in [0.1, 0.15) is 5.75 Å². The van der Waals surface area contributed by atoms with Crippen molar-refractivity contribution in [2.24, 2.45) is 0 Å². The molecule has 12 heavy (non-hydrogen) atoms. The fourth-order valence-corrected chi connectivity index (χ4v) is 1.00. The average molecular weight is 163 g/mol. The molecule has 0 spiro atoms. The summed E-state index contributed by atoms with van der Waals surface area (Å²) in [5.74, 6) is 0.819. The van der Waals surface area contributed by atoms with E-state index in [4.69, 9.17) is 4.74 Å². The number of rotatable bonds is 2. The minimum atomic E-state index is 0.819. The average Bonchev–Trinajstić information content (AvgIpc) is 2.04. The maximum absolute atomic E-state index is 5.09. The first kappa shape index (κ1) is 8.78. The highest BCUT2D eigenvalue weighted by molar-refractivity contribution is 5.58. The van der Waals surface area contributed by atoms with Gasteiger partial charge in [0, 0.05) is 0 Å². The summed E-state index contributed by atoms with van der Waals surface area (Å²) < 4.78 is 5.09. The molecule has 0 aliphatic heterocycles. The van der Waals surface area contributed by atoms with E-state index in [1.54, 1.807) is 7.11 Å². The van der Waals surface area contributed by atoms with Crippen molar-refractivity contribution in [3.05, 3.63) is 30.1 Å². The molecule has 1 aromatic heterocycles. The van der Waals surface area contributed by atoms with E-state index in [1.807, 2.05) is 26.0 Å². The Morgan fingerprint density at radius 1 is 1.50 bits per heavy atom. The van der Waals surface area contributed by atoms with Crippen LogP contribution in [0.1, 0.15) is 18.3 Å². The lowest BCUT2D eigenvalue weighted by atomic mass is 10.2. The molecule has 0 atom stereocenters. The molecule has 0 unspecified atom stereocenters. The van der Waals surface area contributed by atoms with Crippen molar-refractivity contribution in [1.82, 2.24) is 4.98 Å². The number of methoxy groups -OCH3 is 1. The van der Waals surface area contributed by atoms with Crippen molar-refractivity contribution in [2.75, 3.05) is 7.11 Å². The molecule has 0 N–H and O–H groups in total. The molecule has 64 valence electrons. The number of allylic oxidation sites excluding steroid dienone is 1. The molecule has 0 bridgehead atoms. The third-order valence-corrected chi connectivity index (χ3v) is 1.69. The Morgan fingerprint density at radius 3 is 2.58 bits per heavy atom. The van der Waals surface area contributed by atoms with E-state index < -0.39 is 0 Å². The highest BCUT2D eigenvalue weighted by Crippen LogP contribution is 2.17. The summed E-state index contributed by atoms with van der Waals surface area (Å²) >= 11 is 0. The fourth-order valence-electron chi connectivity index (χ4n) is 1.00. The lowest BCUT2D eigenvalue weighted by molar-refractivity contribution is 0.409. The largest absolute Gasteiger partial charge is 0.495 e. The zero-order valence-corrected chi connectivity index (χ0v) is 7.72. The van der Waals surface area contributed by atoms with Gasteiger partial charge in [-0.2, -0.15) is 0 Å². The molecule has 0 aliphatic carbocycles. The Hall–Kier alpha value is -1.31. The van der Waals surface area contributed by atoms with Gasteiger partial charge >= 0.3 is 0 Å². The highest BCUT2D eigenvalue weighted by atomic mass is 16.5. The molecule has 0 radical (unpaired) electrons. The summed E-state index contributed by atoms with van der Waals surface area (Å²) in [5, 5.41) is 0. The summed E-state index contributed by atoms with van der Waals surface area (Å²) in [6.07, 6.45) is 0. The van der Waals surface area contributed by atoms with E-state index in [1.165, 1.54) is 0 Å². The standard InChI is InChI=1S/C10H13NO/c1-7(2)9-5-6-10(12-4)8(3)11-9/h5-6H,1H2,2-4H3. The third kappa shape index (κ3) is 1.64. The van der Waals surface area contributed by atoms with Gasteiger partial charge in [-0.3, -0.25) is 0 Å². The monoisotopic (exact) mass is 163 g/mol. The lowest BCUT2D eigenvalue weighted by Gasteiger charge is -2.05. The van der Waals surface area contributed by atoms with Gasteiger partial charge in [0.2, 0.25) is 0 Å². The van der Waals surface area contributed by atoms with E-state index in [2.05, 4.69) is 11.6 Å². The van der Waals surface area contributed by atoms with Gasteiger partial charge in [0.05, 0.1) is 18.5 Å². The topological polar surface area (TPSA) is 22.1 Å². The van der Waals surface area contributed by atoms with Crippen LogP contribution >= 0.6 is 0 Å². The van der Waals surface area contributed by atoms with Crippen molar-refractivity contribution in [3.63, 3.8) is 0 Å². The summed E-state index contributed by atoms with van der Waals surface area (Å²) in [4.78, 5) is 4.32. The van der Waals surface area contributed by atoms with Gasteiger partial charge < -0.3 is 4.74 Å². The predicted octanol–water partition coefficient (Wildman–Crippen LogP) is 2.43. The van der Waals surface area contributed by atoms with Gasteiger partial charge in [-0.05, 0) is 31.6 Å². The SMILES string of the molecule is C=C(C)c1ccc(OC)c(C)n1. The van der Waals surface area contributed by atoms with E-state index in [0.717, 1.165) is 22.7 Å². The van der Waals surface area contributed by atoms with Crippen LogP contribution in [0.2, 0.25) is 0 Å². The summed E-state index contributed by atoms with van der Waals surface area (Å²) in [6, 6.07) is 3.82. The minimum absolute atomic E-state index is 0.819. The second kappa shape index (κ2) is 3.39. The van der Waals surface area contributed by atoms with Crippen LogP contribution in [0.4, 0.5) is 0 Å². The number of nitrogens with zero attached hydrogens (tertiary/aromatic N) is 1. The molecular formula is C10H13NO. The van der Waals surface area contributed by atoms with Crippen LogP contribution in [0.3, 0.4) is 0 Å². The molecular weight excluding hydrogens is 150 g/mol. The van der Waals surface area contributed by atoms with Crippen LogP contribution in [0.15, 0.2) is 18.7 Å². The van der Waals surface area contributed by atoms with E-state index in [0.29, 0.717) is 0 Å². The zero-order chi connectivity index (χ0) is 9.14. The normalized spacial score (nSPS) is 9.58. The Labute approximate surface area is 72.9 Å². The third-order valence-electron chi connectivity index (χ3n) is 1.69. The first-order valence-corrected chi connectivity index (χ1v) is 3.82. The van der Waals surface area contributed by atoms with Gasteiger partial charge in [0.25, 0.3) is 0 Å². The number of hydrogen-bond donors (Lipinski definition) is 0. The number of ether oxygens (including phenoxy) is 1. The van der Waals surface area contributed by atoms with Crippen molar-refractivity contribution in [1.29, 1.82) is 0 Å². The van der Waals surface area contributed by atoms with E-state index in [9.17, 15) is 0 Å². The number of hydrogen-bond acceptors (Lipinski definition) is 2. The fraction of sp³-hybridized carbons (Fsp3) is 0.300. The molecule has 1 aromatic rings. The van der Waals surface area contributed by atoms with E-state index >= 15 is 0 Å². The van der Waals surface area contributed by atoms with Gasteiger partial charge in [0.15, 0.2) is 0 Å². The zero-order valence-electron chi connectivity index (χ0n) is 7.72. The molecule has 0 saturated heterocycles. The molecule has 0 aromatic carbocycles. The van der Waals surface area contributed by atoms with Crippen LogP contribution in [0.25, 0.3) is 5.57 Å². The summed E-state index contributed by atoms with van der Waals surface area (Å²) in [6.45, 7) is 7.68. The predicted molar refractivity (Wildman–Crippen MR) is 50.2 cm³/mol. The molecule has 0 fully saturated rings. The van der Waals surface area contributed by atoms with Crippen LogP contribution in [-0.4, -0.2) is 12.1 Å². The molecule has 1 rings (SSSR count).